The largest absolute Gasteiger partial charge is 0.455 e. The number of furan rings is 1. The number of anilines is 2. The second-order valence-electron chi connectivity index (χ2n) is 8.56. The summed E-state index contributed by atoms with van der Waals surface area (Å²) in [5.74, 6) is 0. The van der Waals surface area contributed by atoms with E-state index in [9.17, 15) is 0 Å². The van der Waals surface area contributed by atoms with Gasteiger partial charge < -0.3 is 9.73 Å². The van der Waals surface area contributed by atoms with Crippen LogP contribution in [-0.4, -0.2) is 0 Å². The number of hydrogen-bond donors (Lipinski definition) is 1. The molecule has 0 bridgehead atoms. The minimum atomic E-state index is 0.925. The van der Waals surface area contributed by atoms with E-state index in [0.29, 0.717) is 0 Å². The lowest BCUT2D eigenvalue weighted by Crippen LogP contribution is -1.91. The minimum Gasteiger partial charge on any atom is -0.455 e. The maximum atomic E-state index is 6.21. The molecule has 0 radical (unpaired) electrons. The summed E-state index contributed by atoms with van der Waals surface area (Å²) in [6.45, 7) is 0. The Hall–Kier alpha value is -4.30. The molecule has 1 aliphatic carbocycles. The maximum Gasteiger partial charge on any atom is 0.143 e. The fraction of sp³-hybridized carbons (Fsp3) is 0.0625. The van der Waals surface area contributed by atoms with Crippen LogP contribution >= 0.6 is 0 Å². The predicted octanol–water partition coefficient (Wildman–Crippen LogP) is 9.29. The molecule has 0 amide bonds. The Labute approximate surface area is 199 Å². The van der Waals surface area contributed by atoms with E-state index in [1.54, 1.807) is 0 Å². The van der Waals surface area contributed by atoms with Crippen molar-refractivity contribution < 1.29 is 4.42 Å². The minimum absolute atomic E-state index is 0.925. The van der Waals surface area contributed by atoms with Gasteiger partial charge in [-0.1, -0.05) is 91.0 Å². The third-order valence-corrected chi connectivity index (χ3v) is 6.32. The molecular weight excluding hydrogens is 414 g/mol. The number of benzene rings is 4. The molecule has 1 N–H and O–H groups in total. The SMILES string of the molecule is C1=C\C/C=C(c2ccc(Nc3ccc(-c4cccc5c4oc4ccccc45)cc3)cc2)\C=C\C/1. The Balaban J connectivity index is 1.23. The van der Waals surface area contributed by atoms with Crippen molar-refractivity contribution in [2.24, 2.45) is 0 Å². The summed E-state index contributed by atoms with van der Waals surface area (Å²) in [6.07, 6.45) is 13.1. The highest BCUT2D eigenvalue weighted by Crippen LogP contribution is 2.36. The van der Waals surface area contributed by atoms with Gasteiger partial charge in [0.2, 0.25) is 0 Å². The number of rotatable bonds is 4. The first-order chi connectivity index (χ1) is 16.8. The van der Waals surface area contributed by atoms with Gasteiger partial charge in [0.05, 0.1) is 0 Å². The second-order valence-corrected chi connectivity index (χ2v) is 8.56. The molecule has 1 heterocycles. The molecule has 2 heteroatoms. The van der Waals surface area contributed by atoms with E-state index in [4.69, 9.17) is 4.42 Å². The Morgan fingerprint density at radius 3 is 2.12 bits per heavy atom. The van der Waals surface area contributed by atoms with Crippen molar-refractivity contribution in [3.8, 4) is 11.1 Å². The second kappa shape index (κ2) is 8.92. The molecule has 0 saturated carbocycles. The van der Waals surface area contributed by atoms with E-state index in [2.05, 4.69) is 115 Å². The van der Waals surface area contributed by atoms with Crippen molar-refractivity contribution in [2.75, 3.05) is 5.32 Å². The lowest BCUT2D eigenvalue weighted by atomic mass is 10.0. The van der Waals surface area contributed by atoms with Gasteiger partial charge in [0.25, 0.3) is 0 Å². The summed E-state index contributed by atoms with van der Waals surface area (Å²) < 4.78 is 6.21. The number of allylic oxidation sites excluding steroid dienone is 6. The number of fused-ring (bicyclic) bond motifs is 3. The predicted molar refractivity (Wildman–Crippen MR) is 144 cm³/mol. The molecule has 164 valence electrons. The van der Waals surface area contributed by atoms with E-state index in [1.165, 1.54) is 11.1 Å². The van der Waals surface area contributed by atoms with Gasteiger partial charge in [-0.25, -0.2) is 0 Å². The average Bonchev–Trinajstić information content (AvgIpc) is 3.24. The van der Waals surface area contributed by atoms with E-state index in [1.807, 2.05) is 12.1 Å². The Kier molecular flexibility index (Phi) is 5.33. The van der Waals surface area contributed by atoms with Crippen LogP contribution in [0, 0.1) is 0 Å². The van der Waals surface area contributed by atoms with E-state index in [-0.39, 0.29) is 0 Å². The van der Waals surface area contributed by atoms with Crippen LogP contribution in [0.15, 0.2) is 126 Å². The Morgan fingerprint density at radius 2 is 1.29 bits per heavy atom. The third kappa shape index (κ3) is 3.95. The Bertz CT molecular complexity index is 1550. The highest BCUT2D eigenvalue weighted by molar-refractivity contribution is 6.09. The molecule has 2 nitrogen and oxygen atoms in total. The summed E-state index contributed by atoms with van der Waals surface area (Å²) in [6, 6.07) is 31.8. The number of hydrogen-bond acceptors (Lipinski definition) is 2. The molecular formula is C32H25NO. The quantitative estimate of drug-likeness (QED) is 0.282. The van der Waals surface area contributed by atoms with Gasteiger partial charge in [-0.2, -0.15) is 0 Å². The smallest absolute Gasteiger partial charge is 0.143 e. The van der Waals surface area contributed by atoms with Crippen LogP contribution in [0.3, 0.4) is 0 Å². The van der Waals surface area contributed by atoms with Gasteiger partial charge in [-0.05, 0) is 59.9 Å². The normalized spacial score (nSPS) is 17.0. The Morgan fingerprint density at radius 1 is 0.588 bits per heavy atom. The van der Waals surface area contributed by atoms with E-state index in [0.717, 1.165) is 57.3 Å². The highest BCUT2D eigenvalue weighted by atomic mass is 16.3. The van der Waals surface area contributed by atoms with Gasteiger partial charge in [0.15, 0.2) is 0 Å². The van der Waals surface area contributed by atoms with Crippen molar-refractivity contribution in [2.45, 2.75) is 12.8 Å². The molecule has 0 fully saturated rings. The standard InChI is InChI=1S/C32H25NO/c1-2-4-9-23(10-5-3-1)24-15-19-26(20-16-24)33-27-21-17-25(18-22-27)28-12-8-13-30-29-11-6-7-14-31(29)34-32(28)30/h1-2,5-22,33H,3-4H2/b2-1-,10-5+,23-9+. The van der Waals surface area contributed by atoms with Crippen LogP contribution in [-0.2, 0) is 0 Å². The van der Waals surface area contributed by atoms with Crippen LogP contribution in [0.4, 0.5) is 11.4 Å². The fourth-order valence-corrected chi connectivity index (χ4v) is 4.56. The fourth-order valence-electron chi connectivity index (χ4n) is 4.56. The summed E-state index contributed by atoms with van der Waals surface area (Å²) >= 11 is 0. The van der Waals surface area contributed by atoms with Crippen molar-refractivity contribution in [1.29, 1.82) is 0 Å². The van der Waals surface area contributed by atoms with Crippen molar-refractivity contribution >= 4 is 38.9 Å². The zero-order valence-electron chi connectivity index (χ0n) is 18.9. The molecule has 0 saturated heterocycles. The van der Waals surface area contributed by atoms with Crippen LogP contribution in [0.1, 0.15) is 18.4 Å². The topological polar surface area (TPSA) is 25.2 Å². The van der Waals surface area contributed by atoms with Crippen LogP contribution in [0.2, 0.25) is 0 Å². The first-order valence-corrected chi connectivity index (χ1v) is 11.7. The van der Waals surface area contributed by atoms with Gasteiger partial charge in [-0.3, -0.25) is 0 Å². The number of para-hydroxylation sites is 2. The average molecular weight is 440 g/mol. The van der Waals surface area contributed by atoms with E-state index >= 15 is 0 Å². The zero-order chi connectivity index (χ0) is 22.7. The van der Waals surface area contributed by atoms with Crippen molar-refractivity contribution in [1.82, 2.24) is 0 Å². The van der Waals surface area contributed by atoms with Crippen molar-refractivity contribution in [3.05, 3.63) is 127 Å². The van der Waals surface area contributed by atoms with Crippen LogP contribution < -0.4 is 5.32 Å². The molecule has 34 heavy (non-hydrogen) atoms. The molecule has 4 aromatic carbocycles. The molecule has 1 aromatic heterocycles. The first kappa shape index (κ1) is 20.3. The lowest BCUT2D eigenvalue weighted by Gasteiger charge is -2.10. The summed E-state index contributed by atoms with van der Waals surface area (Å²) in [4.78, 5) is 0. The van der Waals surface area contributed by atoms with Gasteiger partial charge in [-0.15, -0.1) is 0 Å². The van der Waals surface area contributed by atoms with Gasteiger partial charge in [0.1, 0.15) is 11.2 Å². The molecule has 0 atom stereocenters. The third-order valence-electron chi connectivity index (χ3n) is 6.32. The summed E-state index contributed by atoms with van der Waals surface area (Å²) in [5.41, 5.74) is 8.77. The number of nitrogens with one attached hydrogen (secondary N) is 1. The van der Waals surface area contributed by atoms with Crippen LogP contribution in [0.5, 0.6) is 0 Å². The van der Waals surface area contributed by atoms with Gasteiger partial charge in [0, 0.05) is 27.7 Å². The van der Waals surface area contributed by atoms with Crippen LogP contribution in [0.25, 0.3) is 38.6 Å². The summed E-state index contributed by atoms with van der Waals surface area (Å²) in [5, 5.41) is 5.83. The monoisotopic (exact) mass is 439 g/mol. The van der Waals surface area contributed by atoms with Crippen molar-refractivity contribution in [3.63, 3.8) is 0 Å². The van der Waals surface area contributed by atoms with Gasteiger partial charge >= 0.3 is 0 Å². The molecule has 1 aliphatic rings. The zero-order valence-corrected chi connectivity index (χ0v) is 18.9. The molecule has 0 unspecified atom stereocenters. The molecule has 0 aliphatic heterocycles. The first-order valence-electron chi connectivity index (χ1n) is 11.7. The maximum absolute atomic E-state index is 6.21. The lowest BCUT2D eigenvalue weighted by molar-refractivity contribution is 0.670. The summed E-state index contributed by atoms with van der Waals surface area (Å²) in [7, 11) is 0. The highest BCUT2D eigenvalue weighted by Gasteiger charge is 2.11. The molecule has 5 aromatic rings. The van der Waals surface area contributed by atoms with E-state index < -0.39 is 0 Å². The molecule has 0 spiro atoms. The molecule has 6 rings (SSSR count).